The van der Waals surface area contributed by atoms with E-state index in [1.165, 1.54) is 0 Å². The second-order valence-electron chi connectivity index (χ2n) is 6.89. The van der Waals surface area contributed by atoms with Gasteiger partial charge in [0.1, 0.15) is 0 Å². The first kappa shape index (κ1) is 19.4. The fourth-order valence-corrected chi connectivity index (χ4v) is 4.36. The number of alkyl halides is 3. The topological polar surface area (TPSA) is 49.8 Å². The largest absolute Gasteiger partial charge is 0.434 e. The van der Waals surface area contributed by atoms with Crippen molar-refractivity contribution >= 4 is 17.3 Å². The molecule has 26 heavy (non-hydrogen) atoms. The number of halogens is 3. The molecule has 1 aromatic rings. The third kappa shape index (κ3) is 4.68. The Labute approximate surface area is 155 Å². The molecule has 3 rings (SSSR count). The number of likely N-dealkylation sites (tertiary alicyclic amines) is 1. The van der Waals surface area contributed by atoms with Crippen LogP contribution in [-0.2, 0) is 17.3 Å². The van der Waals surface area contributed by atoms with Gasteiger partial charge in [-0.1, -0.05) is 0 Å². The lowest BCUT2D eigenvalue weighted by Crippen LogP contribution is -2.42. The average molecular weight is 390 g/mol. The van der Waals surface area contributed by atoms with Gasteiger partial charge in [0.2, 0.25) is 0 Å². The van der Waals surface area contributed by atoms with Crippen molar-refractivity contribution in [3.63, 3.8) is 0 Å². The van der Waals surface area contributed by atoms with Crippen molar-refractivity contribution in [1.29, 1.82) is 0 Å². The molecule has 2 aliphatic heterocycles. The van der Waals surface area contributed by atoms with Gasteiger partial charge in [-0.2, -0.15) is 13.2 Å². The van der Waals surface area contributed by atoms with Crippen LogP contribution in [0.25, 0.3) is 0 Å². The van der Waals surface area contributed by atoms with Gasteiger partial charge in [-0.05, 0) is 31.6 Å². The zero-order valence-electron chi connectivity index (χ0n) is 14.9. The molecule has 9 heteroatoms. The highest BCUT2D eigenvalue weighted by molar-refractivity contribution is 7.09. The van der Waals surface area contributed by atoms with Gasteiger partial charge in [-0.15, -0.1) is 11.3 Å². The van der Waals surface area contributed by atoms with Gasteiger partial charge in [0.15, 0.2) is 11.7 Å². The second kappa shape index (κ2) is 8.12. The smallest absolute Gasteiger partial charge is 0.381 e. The minimum Gasteiger partial charge on any atom is -0.381 e. The Hall–Kier alpha value is -1.35. The van der Waals surface area contributed by atoms with Gasteiger partial charge in [0.05, 0.1) is 5.01 Å². The summed E-state index contributed by atoms with van der Waals surface area (Å²) in [5.41, 5.74) is -0.486. The number of hydrogen-bond acceptors (Lipinski definition) is 4. The highest BCUT2D eigenvalue weighted by Crippen LogP contribution is 2.39. The molecule has 0 bridgehead atoms. The molecule has 0 aromatic carbocycles. The van der Waals surface area contributed by atoms with Crippen LogP contribution in [0.1, 0.15) is 36.9 Å². The highest BCUT2D eigenvalue weighted by atomic mass is 32.1. The van der Waals surface area contributed by atoms with E-state index in [-0.39, 0.29) is 0 Å². The fraction of sp³-hybridized carbons (Fsp3) is 0.765. The summed E-state index contributed by atoms with van der Waals surface area (Å²) in [6, 6.07) is 0. The molecule has 0 aliphatic carbocycles. The third-order valence-corrected chi connectivity index (χ3v) is 5.96. The van der Waals surface area contributed by atoms with Crippen molar-refractivity contribution < 1.29 is 17.9 Å². The Bertz CT molecular complexity index is 626. The number of thiazole rings is 1. The Kier molecular flexibility index (Phi) is 6.06. The van der Waals surface area contributed by atoms with Gasteiger partial charge in [0.25, 0.3) is 0 Å². The van der Waals surface area contributed by atoms with E-state index in [2.05, 4.69) is 20.2 Å². The maximum atomic E-state index is 12.6. The van der Waals surface area contributed by atoms with Crippen molar-refractivity contribution in [3.05, 3.63) is 16.1 Å². The molecule has 2 saturated heterocycles. The van der Waals surface area contributed by atoms with Crippen LogP contribution in [0.3, 0.4) is 0 Å². The summed E-state index contributed by atoms with van der Waals surface area (Å²) in [6.45, 7) is 6.80. The lowest BCUT2D eigenvalue weighted by molar-refractivity contribution is -0.140. The normalized spacial score (nSPS) is 20.8. The minimum atomic E-state index is -4.37. The third-order valence-electron chi connectivity index (χ3n) is 5.06. The lowest BCUT2D eigenvalue weighted by atomic mass is 9.80. The van der Waals surface area contributed by atoms with Crippen molar-refractivity contribution in [1.82, 2.24) is 15.2 Å². The maximum Gasteiger partial charge on any atom is 0.434 e. The summed E-state index contributed by atoms with van der Waals surface area (Å²) in [7, 11) is 0. The Balaban J connectivity index is 1.58. The van der Waals surface area contributed by atoms with Crippen molar-refractivity contribution in [3.8, 4) is 0 Å². The first-order valence-corrected chi connectivity index (χ1v) is 9.92. The first-order chi connectivity index (χ1) is 12.4. The Morgan fingerprint density at radius 3 is 2.81 bits per heavy atom. The molecule has 1 N–H and O–H groups in total. The van der Waals surface area contributed by atoms with Crippen molar-refractivity contribution in [2.45, 2.75) is 38.8 Å². The number of aromatic nitrogens is 1. The SMILES string of the molecule is CCNC(=NCCc1nc(C(F)(F)F)cs1)N1CCC2(CCOCC2)C1. The molecule has 0 radical (unpaired) electrons. The summed E-state index contributed by atoms with van der Waals surface area (Å²) >= 11 is 1.04. The van der Waals surface area contributed by atoms with Gasteiger partial charge in [-0.25, -0.2) is 4.98 Å². The van der Waals surface area contributed by atoms with Crippen LogP contribution >= 0.6 is 11.3 Å². The number of hydrogen-bond donors (Lipinski definition) is 1. The van der Waals surface area contributed by atoms with Gasteiger partial charge < -0.3 is 15.0 Å². The molecule has 0 amide bonds. The summed E-state index contributed by atoms with van der Waals surface area (Å²) in [5.74, 6) is 0.850. The average Bonchev–Trinajstić information content (AvgIpc) is 3.22. The monoisotopic (exact) mass is 390 g/mol. The number of nitrogens with one attached hydrogen (secondary N) is 1. The second-order valence-corrected chi connectivity index (χ2v) is 7.84. The highest BCUT2D eigenvalue weighted by Gasteiger charge is 2.40. The van der Waals surface area contributed by atoms with E-state index >= 15 is 0 Å². The summed E-state index contributed by atoms with van der Waals surface area (Å²) in [4.78, 5) is 10.6. The van der Waals surface area contributed by atoms with E-state index in [9.17, 15) is 13.2 Å². The maximum absolute atomic E-state index is 12.6. The molecular weight excluding hydrogens is 365 g/mol. The summed E-state index contributed by atoms with van der Waals surface area (Å²) < 4.78 is 43.4. The molecule has 3 heterocycles. The number of rotatable bonds is 4. The van der Waals surface area contributed by atoms with Crippen LogP contribution in [0.15, 0.2) is 10.4 Å². The van der Waals surface area contributed by atoms with Crippen LogP contribution < -0.4 is 5.32 Å². The van der Waals surface area contributed by atoms with Crippen LogP contribution in [0.2, 0.25) is 0 Å². The standard InChI is InChI=1S/C17H25F3N4OS/c1-2-21-15(24-8-4-16(12-24)5-9-25-10-6-16)22-7-3-14-23-13(11-26-14)17(18,19)20/h11H,2-10,12H2,1H3,(H,21,22). The van der Waals surface area contributed by atoms with Crippen LogP contribution in [0.4, 0.5) is 13.2 Å². The molecule has 0 unspecified atom stereocenters. The van der Waals surface area contributed by atoms with Crippen molar-refractivity contribution in [2.75, 3.05) is 39.4 Å². The van der Waals surface area contributed by atoms with Gasteiger partial charge >= 0.3 is 6.18 Å². The Morgan fingerprint density at radius 2 is 2.15 bits per heavy atom. The summed E-state index contributed by atoms with van der Waals surface area (Å²) in [6.07, 6.45) is -0.643. The van der Waals surface area contributed by atoms with E-state index in [1.54, 1.807) is 0 Å². The molecule has 5 nitrogen and oxygen atoms in total. The Morgan fingerprint density at radius 1 is 1.38 bits per heavy atom. The predicted molar refractivity (Wildman–Crippen MR) is 95.5 cm³/mol. The van der Waals surface area contributed by atoms with Crippen molar-refractivity contribution in [2.24, 2.45) is 10.4 Å². The zero-order chi connectivity index (χ0) is 18.6. The molecule has 0 saturated carbocycles. The van der Waals surface area contributed by atoms with Crippen LogP contribution in [0.5, 0.6) is 0 Å². The molecule has 0 atom stereocenters. The van der Waals surface area contributed by atoms with E-state index in [1.807, 2.05) is 6.92 Å². The van der Waals surface area contributed by atoms with Gasteiger partial charge in [0, 0.05) is 51.2 Å². The quantitative estimate of drug-likeness (QED) is 0.634. The molecular formula is C17H25F3N4OS. The fourth-order valence-electron chi connectivity index (χ4n) is 3.57. The molecule has 2 aliphatic rings. The number of nitrogens with zero attached hydrogens (tertiary/aromatic N) is 3. The summed E-state index contributed by atoms with van der Waals surface area (Å²) in [5, 5.41) is 4.85. The van der Waals surface area contributed by atoms with E-state index in [4.69, 9.17) is 4.74 Å². The van der Waals surface area contributed by atoms with Crippen LogP contribution in [-0.4, -0.2) is 55.2 Å². The van der Waals surface area contributed by atoms with Crippen LogP contribution in [0, 0.1) is 5.41 Å². The predicted octanol–water partition coefficient (Wildman–Crippen LogP) is 3.17. The number of guanidine groups is 1. The van der Waals surface area contributed by atoms with E-state index < -0.39 is 11.9 Å². The van der Waals surface area contributed by atoms with Gasteiger partial charge in [-0.3, -0.25) is 4.99 Å². The van der Waals surface area contributed by atoms with E-state index in [0.717, 1.165) is 74.8 Å². The number of aliphatic imine (C=N–C) groups is 1. The molecule has 2 fully saturated rings. The molecule has 1 spiro atoms. The lowest BCUT2D eigenvalue weighted by Gasteiger charge is -2.33. The van der Waals surface area contributed by atoms with E-state index in [0.29, 0.717) is 23.4 Å². The number of ether oxygens (including phenoxy) is 1. The minimum absolute atomic E-state index is 0.325. The molecule has 146 valence electrons. The first-order valence-electron chi connectivity index (χ1n) is 9.04. The molecule has 1 aromatic heterocycles. The zero-order valence-corrected chi connectivity index (χ0v) is 15.8.